The normalized spacial score (nSPS) is 16.1. The van der Waals surface area contributed by atoms with E-state index in [9.17, 15) is 9.59 Å². The van der Waals surface area contributed by atoms with Gasteiger partial charge in [0.1, 0.15) is 5.75 Å². The van der Waals surface area contributed by atoms with Gasteiger partial charge in [-0.3, -0.25) is 4.79 Å². The molecule has 0 aromatic heterocycles. The number of rotatable bonds is 7. The Hall–Kier alpha value is -3.02. The van der Waals surface area contributed by atoms with Gasteiger partial charge < -0.3 is 20.3 Å². The number of benzene rings is 2. The van der Waals surface area contributed by atoms with Crippen LogP contribution in [0.3, 0.4) is 0 Å². The van der Waals surface area contributed by atoms with E-state index in [1.165, 1.54) is 0 Å². The predicted molar refractivity (Wildman–Crippen MR) is 119 cm³/mol. The highest BCUT2D eigenvalue weighted by molar-refractivity contribution is 5.89. The summed E-state index contributed by atoms with van der Waals surface area (Å²) in [4.78, 5) is 26.8. The Morgan fingerprint density at radius 3 is 2.67 bits per heavy atom. The van der Waals surface area contributed by atoms with Crippen molar-refractivity contribution in [1.82, 2.24) is 10.2 Å². The highest BCUT2D eigenvalue weighted by atomic mass is 16.5. The summed E-state index contributed by atoms with van der Waals surface area (Å²) in [5.41, 5.74) is 2.98. The first-order valence-corrected chi connectivity index (χ1v) is 10.6. The maximum atomic E-state index is 12.7. The van der Waals surface area contributed by atoms with Gasteiger partial charge >= 0.3 is 6.03 Å². The van der Waals surface area contributed by atoms with E-state index in [1.54, 1.807) is 7.11 Å². The molecule has 1 aliphatic rings. The molecule has 0 spiro atoms. The van der Waals surface area contributed by atoms with Crippen LogP contribution in [0.15, 0.2) is 48.5 Å². The topological polar surface area (TPSA) is 70.7 Å². The van der Waals surface area contributed by atoms with E-state index in [1.807, 2.05) is 60.4 Å². The molecule has 30 heavy (non-hydrogen) atoms. The van der Waals surface area contributed by atoms with Crippen LogP contribution in [0.1, 0.15) is 30.4 Å². The van der Waals surface area contributed by atoms with Crippen molar-refractivity contribution in [2.24, 2.45) is 5.92 Å². The monoisotopic (exact) mass is 409 g/mol. The number of aryl methyl sites for hydroxylation is 2. The van der Waals surface area contributed by atoms with Gasteiger partial charge in [-0.05, 0) is 55.9 Å². The molecule has 0 aliphatic carbocycles. The van der Waals surface area contributed by atoms with Crippen LogP contribution in [0.5, 0.6) is 5.75 Å². The van der Waals surface area contributed by atoms with Gasteiger partial charge in [0.25, 0.3) is 0 Å². The molecule has 1 saturated heterocycles. The van der Waals surface area contributed by atoms with E-state index in [-0.39, 0.29) is 17.9 Å². The standard InChI is InChI=1S/C24H31N3O3/c1-18-9-12-21(13-10-18)26-24(29)25-16-19-6-5-15-27(17-19)23(28)14-11-20-7-3-4-8-22(20)30-2/h3-4,7-10,12-13,19H,5-6,11,14-17H2,1-2H3,(H2,25,26,29). The van der Waals surface area contributed by atoms with Gasteiger partial charge in [0, 0.05) is 31.7 Å². The Kier molecular flexibility index (Phi) is 7.71. The maximum absolute atomic E-state index is 12.7. The third-order valence-corrected chi connectivity index (χ3v) is 5.53. The van der Waals surface area contributed by atoms with Crippen LogP contribution in [0.25, 0.3) is 0 Å². The molecular formula is C24H31N3O3. The van der Waals surface area contributed by atoms with Crippen molar-refractivity contribution in [3.8, 4) is 5.75 Å². The molecule has 1 heterocycles. The summed E-state index contributed by atoms with van der Waals surface area (Å²) in [6, 6.07) is 15.3. The number of anilines is 1. The number of likely N-dealkylation sites (tertiary alicyclic amines) is 1. The zero-order chi connectivity index (χ0) is 21.3. The highest BCUT2D eigenvalue weighted by Gasteiger charge is 2.24. The summed E-state index contributed by atoms with van der Waals surface area (Å²) in [5.74, 6) is 1.26. The molecule has 6 nitrogen and oxygen atoms in total. The van der Waals surface area contributed by atoms with E-state index < -0.39 is 0 Å². The van der Waals surface area contributed by atoms with E-state index >= 15 is 0 Å². The average Bonchev–Trinajstić information content (AvgIpc) is 2.78. The summed E-state index contributed by atoms with van der Waals surface area (Å²) in [6.45, 7) is 4.05. The Morgan fingerprint density at radius 2 is 1.90 bits per heavy atom. The van der Waals surface area contributed by atoms with Crippen LogP contribution in [0.4, 0.5) is 10.5 Å². The summed E-state index contributed by atoms with van der Waals surface area (Å²) in [6.07, 6.45) is 3.11. The Morgan fingerprint density at radius 1 is 1.13 bits per heavy atom. The van der Waals surface area contributed by atoms with Crippen molar-refractivity contribution >= 4 is 17.6 Å². The van der Waals surface area contributed by atoms with Gasteiger partial charge in [-0.1, -0.05) is 35.9 Å². The minimum Gasteiger partial charge on any atom is -0.496 e. The van der Waals surface area contributed by atoms with Gasteiger partial charge in [0.2, 0.25) is 5.91 Å². The van der Waals surface area contributed by atoms with Gasteiger partial charge in [-0.25, -0.2) is 4.79 Å². The molecule has 2 aromatic carbocycles. The molecule has 0 bridgehead atoms. The Labute approximate surface area is 178 Å². The molecule has 0 radical (unpaired) electrons. The second kappa shape index (κ2) is 10.7. The molecule has 1 unspecified atom stereocenters. The highest BCUT2D eigenvalue weighted by Crippen LogP contribution is 2.21. The van der Waals surface area contributed by atoms with Crippen LogP contribution in [-0.2, 0) is 11.2 Å². The minimum absolute atomic E-state index is 0.162. The third-order valence-electron chi connectivity index (χ3n) is 5.53. The number of nitrogens with one attached hydrogen (secondary N) is 2. The minimum atomic E-state index is -0.210. The van der Waals surface area contributed by atoms with Crippen molar-refractivity contribution in [2.75, 3.05) is 32.1 Å². The first-order valence-electron chi connectivity index (χ1n) is 10.6. The molecule has 6 heteroatoms. The maximum Gasteiger partial charge on any atom is 0.319 e. The van der Waals surface area contributed by atoms with Gasteiger partial charge in [-0.15, -0.1) is 0 Å². The SMILES string of the molecule is COc1ccccc1CCC(=O)N1CCCC(CNC(=O)Nc2ccc(C)cc2)C1. The summed E-state index contributed by atoms with van der Waals surface area (Å²) in [7, 11) is 1.65. The lowest BCUT2D eigenvalue weighted by Gasteiger charge is -2.33. The van der Waals surface area contributed by atoms with Crippen molar-refractivity contribution in [1.29, 1.82) is 0 Å². The Balaban J connectivity index is 1.43. The average molecular weight is 410 g/mol. The van der Waals surface area contributed by atoms with Crippen LogP contribution < -0.4 is 15.4 Å². The van der Waals surface area contributed by atoms with Crippen molar-refractivity contribution in [3.63, 3.8) is 0 Å². The number of carbonyl (C=O) groups is 2. The summed E-state index contributed by atoms with van der Waals surface area (Å²) >= 11 is 0. The van der Waals surface area contributed by atoms with Crippen LogP contribution >= 0.6 is 0 Å². The van der Waals surface area contributed by atoms with Crippen molar-refractivity contribution in [3.05, 3.63) is 59.7 Å². The number of nitrogens with zero attached hydrogens (tertiary/aromatic N) is 1. The molecule has 3 amide bonds. The molecule has 1 atom stereocenters. The first-order chi connectivity index (χ1) is 14.5. The molecule has 1 aliphatic heterocycles. The van der Waals surface area contributed by atoms with Crippen LogP contribution in [0, 0.1) is 12.8 Å². The summed E-state index contributed by atoms with van der Waals surface area (Å²) in [5, 5.41) is 5.79. The fraction of sp³-hybridized carbons (Fsp3) is 0.417. The fourth-order valence-corrected chi connectivity index (χ4v) is 3.82. The number of ether oxygens (including phenoxy) is 1. The smallest absolute Gasteiger partial charge is 0.319 e. The zero-order valence-electron chi connectivity index (χ0n) is 17.8. The lowest BCUT2D eigenvalue weighted by Crippen LogP contribution is -2.44. The molecule has 160 valence electrons. The third kappa shape index (κ3) is 6.24. The number of para-hydroxylation sites is 1. The van der Waals surface area contributed by atoms with E-state index in [0.29, 0.717) is 25.9 Å². The predicted octanol–water partition coefficient (Wildman–Crippen LogP) is 4.00. The summed E-state index contributed by atoms with van der Waals surface area (Å²) < 4.78 is 5.37. The number of amides is 3. The second-order valence-corrected chi connectivity index (χ2v) is 7.86. The number of hydrogen-bond donors (Lipinski definition) is 2. The van der Waals surface area contributed by atoms with Crippen LogP contribution in [-0.4, -0.2) is 43.6 Å². The van der Waals surface area contributed by atoms with Gasteiger partial charge in [-0.2, -0.15) is 0 Å². The lowest BCUT2D eigenvalue weighted by atomic mass is 9.97. The number of methoxy groups -OCH3 is 1. The number of hydrogen-bond acceptors (Lipinski definition) is 3. The van der Waals surface area contributed by atoms with Gasteiger partial charge in [0.15, 0.2) is 0 Å². The Bertz CT molecular complexity index is 851. The first kappa shape index (κ1) is 21.7. The number of urea groups is 1. The largest absolute Gasteiger partial charge is 0.496 e. The van der Waals surface area contributed by atoms with Crippen LogP contribution in [0.2, 0.25) is 0 Å². The second-order valence-electron chi connectivity index (χ2n) is 7.86. The van der Waals surface area contributed by atoms with E-state index in [2.05, 4.69) is 10.6 Å². The molecule has 1 fully saturated rings. The number of carbonyl (C=O) groups excluding carboxylic acids is 2. The molecule has 3 rings (SSSR count). The van der Waals surface area contributed by atoms with E-state index in [0.717, 1.165) is 42.0 Å². The molecule has 2 aromatic rings. The molecule has 0 saturated carbocycles. The quantitative estimate of drug-likeness (QED) is 0.726. The van der Waals surface area contributed by atoms with E-state index in [4.69, 9.17) is 4.74 Å². The zero-order valence-corrected chi connectivity index (χ0v) is 17.8. The lowest BCUT2D eigenvalue weighted by molar-refractivity contribution is -0.132. The number of piperidine rings is 1. The van der Waals surface area contributed by atoms with Gasteiger partial charge in [0.05, 0.1) is 7.11 Å². The molecule has 2 N–H and O–H groups in total. The van der Waals surface area contributed by atoms with Crippen molar-refractivity contribution in [2.45, 2.75) is 32.6 Å². The molecular weight excluding hydrogens is 378 g/mol. The fourth-order valence-electron chi connectivity index (χ4n) is 3.82. The van der Waals surface area contributed by atoms with Crippen molar-refractivity contribution < 1.29 is 14.3 Å².